The van der Waals surface area contributed by atoms with Crippen LogP contribution < -0.4 is 19.5 Å². The monoisotopic (exact) mass is 541 g/mol. The molecule has 0 saturated heterocycles. The highest BCUT2D eigenvalue weighted by Gasteiger charge is 2.42. The van der Waals surface area contributed by atoms with Gasteiger partial charge in [-0.1, -0.05) is 6.07 Å². The van der Waals surface area contributed by atoms with Crippen LogP contribution in [0.2, 0.25) is 0 Å². The van der Waals surface area contributed by atoms with Crippen molar-refractivity contribution < 1.29 is 33.3 Å². The molecule has 0 radical (unpaired) electrons. The number of ether oxygens (including phenoxy) is 5. The van der Waals surface area contributed by atoms with Crippen molar-refractivity contribution in [3.63, 3.8) is 0 Å². The lowest BCUT2D eigenvalue weighted by molar-refractivity contribution is -0.141. The minimum Gasteiger partial charge on any atom is -0.493 e. The van der Waals surface area contributed by atoms with Gasteiger partial charge in [-0.15, -0.1) is 11.3 Å². The summed E-state index contributed by atoms with van der Waals surface area (Å²) in [4.78, 5) is 28.5. The van der Waals surface area contributed by atoms with Crippen LogP contribution in [-0.4, -0.2) is 52.4 Å². The molecule has 1 aliphatic heterocycles. The molecular weight excluding hydrogens is 506 g/mol. The van der Waals surface area contributed by atoms with E-state index in [4.69, 9.17) is 23.7 Å². The summed E-state index contributed by atoms with van der Waals surface area (Å²) < 4.78 is 27.9. The Hall–Kier alpha value is -3.30. The first-order valence-electron chi connectivity index (χ1n) is 12.6. The van der Waals surface area contributed by atoms with E-state index in [9.17, 15) is 9.59 Å². The van der Waals surface area contributed by atoms with Crippen LogP contribution in [0, 0.1) is 0 Å². The van der Waals surface area contributed by atoms with Crippen LogP contribution in [-0.2, 0) is 19.1 Å². The minimum absolute atomic E-state index is 0.00292. The van der Waals surface area contributed by atoms with Gasteiger partial charge in [0, 0.05) is 40.1 Å². The van der Waals surface area contributed by atoms with E-state index in [0.717, 1.165) is 5.70 Å². The molecule has 38 heavy (non-hydrogen) atoms. The molecule has 2 heterocycles. The number of esters is 1. The number of hydrogen-bond acceptors (Lipinski definition) is 9. The van der Waals surface area contributed by atoms with Gasteiger partial charge < -0.3 is 29.0 Å². The van der Waals surface area contributed by atoms with Gasteiger partial charge in [0.25, 0.3) is 0 Å². The first kappa shape index (κ1) is 27.7. The zero-order valence-electron chi connectivity index (χ0n) is 22.7. The lowest BCUT2D eigenvalue weighted by Crippen LogP contribution is -2.36. The van der Waals surface area contributed by atoms with Gasteiger partial charge in [0.2, 0.25) is 5.75 Å². The Morgan fingerprint density at radius 2 is 1.79 bits per heavy atom. The van der Waals surface area contributed by atoms with Crippen LogP contribution in [0.4, 0.5) is 0 Å². The van der Waals surface area contributed by atoms with Crippen LogP contribution in [0.3, 0.4) is 0 Å². The van der Waals surface area contributed by atoms with Crippen molar-refractivity contribution >= 4 is 23.1 Å². The number of ketones is 1. The van der Waals surface area contributed by atoms with Gasteiger partial charge in [-0.3, -0.25) is 4.79 Å². The molecule has 1 aliphatic carbocycles. The Kier molecular flexibility index (Phi) is 8.79. The number of methoxy groups -OCH3 is 3. The molecule has 9 heteroatoms. The molecule has 1 aromatic carbocycles. The second-order valence-corrected chi connectivity index (χ2v) is 10.5. The molecule has 2 aliphatic rings. The SMILES string of the molecule is COc1cc([C@H]2C(C(=O)OCCOC(C)C)=C(C)NC3=C2C(=O)C[C@H](c2cccs2)C3)cc(OC)c1OC. The fourth-order valence-corrected chi connectivity index (χ4v) is 5.96. The van der Waals surface area contributed by atoms with Crippen molar-refractivity contribution in [3.8, 4) is 17.2 Å². The van der Waals surface area contributed by atoms with E-state index < -0.39 is 11.9 Å². The number of thiophene rings is 1. The second-order valence-electron chi connectivity index (χ2n) is 9.55. The molecule has 8 nitrogen and oxygen atoms in total. The summed E-state index contributed by atoms with van der Waals surface area (Å²) in [5, 5.41) is 5.41. The zero-order chi connectivity index (χ0) is 27.4. The van der Waals surface area contributed by atoms with Crippen molar-refractivity contribution in [2.45, 2.75) is 51.6 Å². The quantitative estimate of drug-likeness (QED) is 0.328. The van der Waals surface area contributed by atoms with Crippen LogP contribution in [0.25, 0.3) is 0 Å². The minimum atomic E-state index is -0.657. The van der Waals surface area contributed by atoms with E-state index in [1.807, 2.05) is 32.2 Å². The van der Waals surface area contributed by atoms with Crippen molar-refractivity contribution in [2.24, 2.45) is 0 Å². The Balaban J connectivity index is 1.79. The fraction of sp³-hybridized carbons (Fsp3) is 0.448. The van der Waals surface area contributed by atoms with Gasteiger partial charge in [-0.2, -0.15) is 0 Å². The molecule has 2 aromatic rings. The third-order valence-corrected chi connectivity index (χ3v) is 7.82. The largest absolute Gasteiger partial charge is 0.493 e. The van der Waals surface area contributed by atoms with Crippen LogP contribution in [0.1, 0.15) is 55.9 Å². The van der Waals surface area contributed by atoms with Crippen molar-refractivity contribution in [2.75, 3.05) is 34.5 Å². The highest BCUT2D eigenvalue weighted by Crippen LogP contribution is 2.49. The maximum Gasteiger partial charge on any atom is 0.336 e. The van der Waals surface area contributed by atoms with E-state index in [0.29, 0.717) is 52.5 Å². The number of carbonyl (C=O) groups excluding carboxylic acids is 2. The number of hydrogen-bond donors (Lipinski definition) is 1. The number of dihydropyridines is 1. The number of allylic oxidation sites excluding steroid dienone is 3. The number of Topliss-reactive ketones (excluding diaryl/α,β-unsaturated/α-hetero) is 1. The Bertz CT molecular complexity index is 1220. The molecule has 1 aromatic heterocycles. The lowest BCUT2D eigenvalue weighted by atomic mass is 9.72. The van der Waals surface area contributed by atoms with Crippen molar-refractivity contribution in [1.29, 1.82) is 0 Å². The summed E-state index contributed by atoms with van der Waals surface area (Å²) in [5.41, 5.74) is 3.11. The van der Waals surface area contributed by atoms with E-state index in [-0.39, 0.29) is 31.0 Å². The fourth-order valence-electron chi connectivity index (χ4n) is 5.13. The van der Waals surface area contributed by atoms with Crippen molar-refractivity contribution in [1.82, 2.24) is 5.32 Å². The van der Waals surface area contributed by atoms with Crippen LogP contribution >= 0.6 is 11.3 Å². The molecule has 204 valence electrons. The van der Waals surface area contributed by atoms with Gasteiger partial charge >= 0.3 is 5.97 Å². The first-order chi connectivity index (χ1) is 18.3. The smallest absolute Gasteiger partial charge is 0.336 e. The Labute approximate surface area is 227 Å². The number of carbonyl (C=O) groups is 2. The van der Waals surface area contributed by atoms with Gasteiger partial charge in [-0.05, 0) is 56.3 Å². The topological polar surface area (TPSA) is 92.3 Å². The maximum atomic E-state index is 13.8. The van der Waals surface area contributed by atoms with E-state index in [1.165, 1.54) is 26.2 Å². The molecule has 1 N–H and O–H groups in total. The third-order valence-electron chi connectivity index (χ3n) is 6.78. The first-order valence-corrected chi connectivity index (χ1v) is 13.5. The summed E-state index contributed by atoms with van der Waals surface area (Å²) in [6.07, 6.45) is 1.07. The summed E-state index contributed by atoms with van der Waals surface area (Å²) in [6, 6.07) is 7.66. The molecule has 2 atom stereocenters. The number of rotatable bonds is 10. The average molecular weight is 542 g/mol. The van der Waals surface area contributed by atoms with E-state index >= 15 is 0 Å². The third kappa shape index (κ3) is 5.59. The summed E-state index contributed by atoms with van der Waals surface area (Å²) in [7, 11) is 4.61. The van der Waals surface area contributed by atoms with Gasteiger partial charge in [0.05, 0.1) is 39.6 Å². The summed E-state index contributed by atoms with van der Waals surface area (Å²) in [5.74, 6) is 0.248. The normalized spacial score (nSPS) is 19.3. The predicted molar refractivity (Wildman–Crippen MR) is 145 cm³/mol. The van der Waals surface area contributed by atoms with E-state index in [1.54, 1.807) is 23.5 Å². The summed E-state index contributed by atoms with van der Waals surface area (Å²) in [6.45, 7) is 6.08. The van der Waals surface area contributed by atoms with Crippen LogP contribution in [0.5, 0.6) is 17.2 Å². The van der Waals surface area contributed by atoms with Gasteiger partial charge in [0.15, 0.2) is 17.3 Å². The second kappa shape index (κ2) is 12.0. The number of benzene rings is 1. The van der Waals surface area contributed by atoms with E-state index in [2.05, 4.69) is 11.4 Å². The highest BCUT2D eigenvalue weighted by molar-refractivity contribution is 7.10. The lowest BCUT2D eigenvalue weighted by Gasteiger charge is -2.36. The Morgan fingerprint density at radius 1 is 1.08 bits per heavy atom. The molecule has 0 unspecified atom stereocenters. The number of nitrogens with one attached hydrogen (secondary N) is 1. The standard InChI is InChI=1S/C29H35NO7S/c1-16(2)36-9-10-37-29(32)25-17(3)30-20-12-18(24-8-7-11-38-24)13-21(31)27(20)26(25)19-14-22(33-4)28(35-6)23(15-19)34-5/h7-8,11,14-16,18,26,30H,9-10,12-13H2,1-6H3/t18-,26+/m1/s1. The molecule has 0 bridgehead atoms. The van der Waals surface area contributed by atoms with Crippen molar-refractivity contribution in [3.05, 3.63) is 62.6 Å². The average Bonchev–Trinajstić information content (AvgIpc) is 3.44. The predicted octanol–water partition coefficient (Wildman–Crippen LogP) is 5.10. The highest BCUT2D eigenvalue weighted by atomic mass is 32.1. The molecular formula is C29H35NO7S. The maximum absolute atomic E-state index is 13.8. The molecule has 0 spiro atoms. The zero-order valence-corrected chi connectivity index (χ0v) is 23.5. The van der Waals surface area contributed by atoms with Crippen LogP contribution in [0.15, 0.2) is 52.2 Å². The van der Waals surface area contributed by atoms with Gasteiger partial charge in [-0.25, -0.2) is 4.79 Å². The molecule has 0 saturated carbocycles. The molecule has 0 amide bonds. The Morgan fingerprint density at radius 3 is 2.37 bits per heavy atom. The molecule has 0 fully saturated rings. The molecule has 4 rings (SSSR count). The van der Waals surface area contributed by atoms with Gasteiger partial charge in [0.1, 0.15) is 6.61 Å². The summed E-state index contributed by atoms with van der Waals surface area (Å²) >= 11 is 1.65.